The standard InChI is InChI=1S/C12H14FN3/c13-11-3-1-10(2-4-11)12(6-15)16-7-9(5-14)8-16/h1-4,9,12H,5,7-8,14H2/t12-/m1/s1. The Labute approximate surface area is 94.3 Å². The maximum absolute atomic E-state index is 12.8. The molecular weight excluding hydrogens is 205 g/mol. The van der Waals surface area contributed by atoms with E-state index in [1.807, 2.05) is 0 Å². The second-order valence-corrected chi connectivity index (χ2v) is 4.14. The summed E-state index contributed by atoms with van der Waals surface area (Å²) < 4.78 is 12.8. The summed E-state index contributed by atoms with van der Waals surface area (Å²) in [5.41, 5.74) is 6.38. The van der Waals surface area contributed by atoms with Crippen molar-refractivity contribution in [3.63, 3.8) is 0 Å². The van der Waals surface area contributed by atoms with Crippen LogP contribution in [0.2, 0.25) is 0 Å². The second kappa shape index (κ2) is 4.60. The number of nitrogens with two attached hydrogens (primary N) is 1. The van der Waals surface area contributed by atoms with Gasteiger partial charge in [0.1, 0.15) is 11.9 Å². The van der Waals surface area contributed by atoms with E-state index in [0.717, 1.165) is 18.7 Å². The van der Waals surface area contributed by atoms with Crippen LogP contribution < -0.4 is 5.73 Å². The minimum atomic E-state index is -0.275. The van der Waals surface area contributed by atoms with Crippen LogP contribution in [-0.4, -0.2) is 24.5 Å². The summed E-state index contributed by atoms with van der Waals surface area (Å²) in [6.45, 7) is 2.37. The van der Waals surface area contributed by atoms with Crippen LogP contribution in [0, 0.1) is 23.1 Å². The highest BCUT2D eigenvalue weighted by atomic mass is 19.1. The molecule has 3 nitrogen and oxygen atoms in total. The third-order valence-electron chi connectivity index (χ3n) is 2.99. The molecule has 1 atom stereocenters. The summed E-state index contributed by atoms with van der Waals surface area (Å²) in [5.74, 6) is 0.222. The molecule has 84 valence electrons. The Morgan fingerprint density at radius 2 is 2.06 bits per heavy atom. The lowest BCUT2D eigenvalue weighted by Crippen LogP contribution is -2.50. The van der Waals surface area contributed by atoms with Gasteiger partial charge < -0.3 is 5.73 Å². The molecule has 1 heterocycles. The topological polar surface area (TPSA) is 53.0 Å². The number of rotatable bonds is 3. The van der Waals surface area contributed by atoms with Gasteiger partial charge in [-0.3, -0.25) is 4.90 Å². The number of nitrogens with zero attached hydrogens (tertiary/aromatic N) is 2. The third-order valence-corrected chi connectivity index (χ3v) is 2.99. The van der Waals surface area contributed by atoms with Crippen LogP contribution in [0.25, 0.3) is 0 Å². The zero-order chi connectivity index (χ0) is 11.5. The zero-order valence-corrected chi connectivity index (χ0v) is 8.94. The first-order chi connectivity index (χ1) is 7.74. The normalized spacial score (nSPS) is 18.8. The van der Waals surface area contributed by atoms with E-state index >= 15 is 0 Å². The van der Waals surface area contributed by atoms with E-state index in [2.05, 4.69) is 11.0 Å². The largest absolute Gasteiger partial charge is 0.330 e. The smallest absolute Gasteiger partial charge is 0.123 e. The molecule has 2 N–H and O–H groups in total. The predicted octanol–water partition coefficient (Wildman–Crippen LogP) is 1.28. The van der Waals surface area contributed by atoms with E-state index in [0.29, 0.717) is 12.5 Å². The fourth-order valence-corrected chi connectivity index (χ4v) is 1.98. The van der Waals surface area contributed by atoms with Crippen LogP contribution in [-0.2, 0) is 0 Å². The van der Waals surface area contributed by atoms with Gasteiger partial charge in [-0.2, -0.15) is 5.26 Å². The van der Waals surface area contributed by atoms with Crippen molar-refractivity contribution in [2.24, 2.45) is 11.7 Å². The second-order valence-electron chi connectivity index (χ2n) is 4.14. The predicted molar refractivity (Wildman–Crippen MR) is 58.9 cm³/mol. The molecule has 16 heavy (non-hydrogen) atoms. The fraction of sp³-hybridized carbons (Fsp3) is 0.417. The van der Waals surface area contributed by atoms with Crippen LogP contribution in [0.4, 0.5) is 4.39 Å². The molecule has 1 saturated heterocycles. The van der Waals surface area contributed by atoms with Crippen molar-refractivity contribution < 1.29 is 4.39 Å². The van der Waals surface area contributed by atoms with Gasteiger partial charge in [0.2, 0.25) is 0 Å². The lowest BCUT2D eigenvalue weighted by Gasteiger charge is -2.41. The van der Waals surface area contributed by atoms with E-state index < -0.39 is 0 Å². The minimum absolute atomic E-state index is 0.274. The first-order valence-corrected chi connectivity index (χ1v) is 5.33. The highest BCUT2D eigenvalue weighted by molar-refractivity contribution is 5.25. The van der Waals surface area contributed by atoms with Gasteiger partial charge in [-0.05, 0) is 30.2 Å². The lowest BCUT2D eigenvalue weighted by atomic mass is 9.95. The SMILES string of the molecule is N#C[C@H](c1ccc(F)cc1)N1CC(CN)C1. The van der Waals surface area contributed by atoms with Gasteiger partial charge in [0.15, 0.2) is 0 Å². The third kappa shape index (κ3) is 2.06. The van der Waals surface area contributed by atoms with Crippen molar-refractivity contribution >= 4 is 0 Å². The summed E-state index contributed by atoms with van der Waals surface area (Å²) in [6, 6.07) is 8.08. The first kappa shape index (κ1) is 11.1. The minimum Gasteiger partial charge on any atom is -0.330 e. The molecule has 4 heteroatoms. The molecule has 0 aromatic heterocycles. The van der Waals surface area contributed by atoms with Crippen LogP contribution >= 0.6 is 0 Å². The van der Waals surface area contributed by atoms with Crippen LogP contribution in [0.1, 0.15) is 11.6 Å². The lowest BCUT2D eigenvalue weighted by molar-refractivity contribution is 0.0798. The van der Waals surface area contributed by atoms with Crippen molar-refractivity contribution in [3.05, 3.63) is 35.6 Å². The first-order valence-electron chi connectivity index (χ1n) is 5.33. The molecular formula is C12H14FN3. The Morgan fingerprint density at radius 1 is 1.44 bits per heavy atom. The number of nitriles is 1. The highest BCUT2D eigenvalue weighted by Gasteiger charge is 2.32. The van der Waals surface area contributed by atoms with Gasteiger partial charge in [0.05, 0.1) is 6.07 Å². The molecule has 2 rings (SSSR count). The molecule has 0 bridgehead atoms. The Kier molecular flexibility index (Phi) is 3.18. The van der Waals surface area contributed by atoms with Crippen molar-refractivity contribution in [2.45, 2.75) is 6.04 Å². The molecule has 0 aliphatic carbocycles. The number of benzene rings is 1. The van der Waals surface area contributed by atoms with E-state index in [1.165, 1.54) is 12.1 Å². The van der Waals surface area contributed by atoms with Crippen LogP contribution in [0.5, 0.6) is 0 Å². The Morgan fingerprint density at radius 3 is 2.56 bits per heavy atom. The monoisotopic (exact) mass is 219 g/mol. The van der Waals surface area contributed by atoms with Crippen LogP contribution in [0.3, 0.4) is 0 Å². The van der Waals surface area contributed by atoms with Gasteiger partial charge in [-0.1, -0.05) is 12.1 Å². The average molecular weight is 219 g/mol. The summed E-state index contributed by atoms with van der Waals surface area (Å²) in [4.78, 5) is 2.06. The van der Waals surface area contributed by atoms with Gasteiger partial charge in [0.25, 0.3) is 0 Å². The van der Waals surface area contributed by atoms with E-state index in [4.69, 9.17) is 11.0 Å². The highest BCUT2D eigenvalue weighted by Crippen LogP contribution is 2.27. The Hall–Kier alpha value is -1.44. The number of likely N-dealkylation sites (tertiary alicyclic amines) is 1. The molecule has 0 saturated carbocycles. The number of hydrogen-bond donors (Lipinski definition) is 1. The van der Waals surface area contributed by atoms with Crippen molar-refractivity contribution in [1.29, 1.82) is 5.26 Å². The zero-order valence-electron chi connectivity index (χ0n) is 8.94. The number of halogens is 1. The maximum Gasteiger partial charge on any atom is 0.123 e. The molecule has 0 amide bonds. The van der Waals surface area contributed by atoms with E-state index in [-0.39, 0.29) is 11.9 Å². The summed E-state index contributed by atoms with van der Waals surface area (Å²) in [6.07, 6.45) is 0. The molecule has 1 fully saturated rings. The summed E-state index contributed by atoms with van der Waals surface area (Å²) >= 11 is 0. The number of hydrogen-bond acceptors (Lipinski definition) is 3. The Bertz CT molecular complexity index is 390. The molecule has 0 spiro atoms. The van der Waals surface area contributed by atoms with Crippen LogP contribution in [0.15, 0.2) is 24.3 Å². The molecule has 0 unspecified atom stereocenters. The molecule has 1 aromatic rings. The van der Waals surface area contributed by atoms with Gasteiger partial charge >= 0.3 is 0 Å². The maximum atomic E-state index is 12.8. The van der Waals surface area contributed by atoms with E-state index in [1.54, 1.807) is 12.1 Å². The van der Waals surface area contributed by atoms with Crippen molar-refractivity contribution in [2.75, 3.05) is 19.6 Å². The van der Waals surface area contributed by atoms with Gasteiger partial charge in [-0.15, -0.1) is 0 Å². The molecule has 1 aromatic carbocycles. The Balaban J connectivity index is 2.07. The van der Waals surface area contributed by atoms with Crippen molar-refractivity contribution in [1.82, 2.24) is 4.90 Å². The van der Waals surface area contributed by atoms with Gasteiger partial charge in [0, 0.05) is 13.1 Å². The van der Waals surface area contributed by atoms with Crippen molar-refractivity contribution in [3.8, 4) is 6.07 Å². The average Bonchev–Trinajstić information content (AvgIpc) is 2.24. The molecule has 0 radical (unpaired) electrons. The summed E-state index contributed by atoms with van der Waals surface area (Å²) in [7, 11) is 0. The quantitative estimate of drug-likeness (QED) is 0.833. The summed E-state index contributed by atoms with van der Waals surface area (Å²) in [5, 5.41) is 9.13. The van der Waals surface area contributed by atoms with E-state index in [9.17, 15) is 4.39 Å². The fourth-order valence-electron chi connectivity index (χ4n) is 1.98. The molecule has 1 aliphatic heterocycles. The van der Waals surface area contributed by atoms with Gasteiger partial charge in [-0.25, -0.2) is 4.39 Å². The molecule has 1 aliphatic rings.